The molecule has 0 radical (unpaired) electrons. The third-order valence-electron chi connectivity index (χ3n) is 2.41. The van der Waals surface area contributed by atoms with Crippen LogP contribution in [-0.2, 0) is 4.74 Å². The highest BCUT2D eigenvalue weighted by molar-refractivity contribution is 5.55. The van der Waals surface area contributed by atoms with E-state index >= 15 is 0 Å². The van der Waals surface area contributed by atoms with Gasteiger partial charge in [-0.25, -0.2) is 0 Å². The number of nitrogens with zero attached hydrogens (tertiary/aromatic N) is 1. The van der Waals surface area contributed by atoms with Crippen LogP contribution in [0.5, 0.6) is 0 Å². The van der Waals surface area contributed by atoms with Gasteiger partial charge in [-0.3, -0.25) is 4.99 Å². The Bertz CT molecular complexity index is 272. The van der Waals surface area contributed by atoms with Gasteiger partial charge in [0.2, 0.25) is 0 Å². The van der Waals surface area contributed by atoms with E-state index < -0.39 is 0 Å². The lowest BCUT2D eigenvalue weighted by Crippen LogP contribution is -2.04. The van der Waals surface area contributed by atoms with Crippen LogP contribution >= 0.6 is 0 Å². The molecule has 0 bridgehead atoms. The molecule has 14 heavy (non-hydrogen) atoms. The van der Waals surface area contributed by atoms with E-state index in [0.29, 0.717) is 11.2 Å². The van der Waals surface area contributed by atoms with Crippen molar-refractivity contribution in [1.29, 1.82) is 0 Å². The van der Waals surface area contributed by atoms with Gasteiger partial charge in [-0.1, -0.05) is 13.5 Å². The number of rotatable bonds is 5. The first-order valence-corrected chi connectivity index (χ1v) is 5.04. The lowest BCUT2D eigenvalue weighted by molar-refractivity contribution is 0.172. The largest absolute Gasteiger partial charge is 0.494 e. The second kappa shape index (κ2) is 4.45. The molecule has 1 fully saturated rings. The van der Waals surface area contributed by atoms with Crippen molar-refractivity contribution >= 4 is 6.21 Å². The van der Waals surface area contributed by atoms with Gasteiger partial charge in [0.15, 0.2) is 0 Å². The highest BCUT2D eigenvalue weighted by Crippen LogP contribution is 2.45. The fraction of sp³-hybridized carbons (Fsp3) is 0.583. The molecular formula is C12H19NO. The molecule has 0 aromatic carbocycles. The molecule has 1 aliphatic carbocycles. The first-order chi connectivity index (χ1) is 6.56. The zero-order valence-electron chi connectivity index (χ0n) is 9.34. The molecule has 1 aliphatic rings. The molecule has 2 nitrogen and oxygen atoms in total. The van der Waals surface area contributed by atoms with Crippen molar-refractivity contribution < 1.29 is 4.74 Å². The first-order valence-electron chi connectivity index (χ1n) is 5.04. The molecular weight excluding hydrogens is 174 g/mol. The molecule has 0 aromatic heterocycles. The van der Waals surface area contributed by atoms with Crippen LogP contribution in [0.1, 0.15) is 33.6 Å². The van der Waals surface area contributed by atoms with Gasteiger partial charge < -0.3 is 4.74 Å². The van der Waals surface area contributed by atoms with Crippen LogP contribution in [-0.4, -0.2) is 12.8 Å². The Morgan fingerprint density at radius 3 is 2.71 bits per heavy atom. The van der Waals surface area contributed by atoms with Crippen molar-refractivity contribution in [3.8, 4) is 0 Å². The third kappa shape index (κ3) is 3.77. The predicted molar refractivity (Wildman–Crippen MR) is 60.4 cm³/mol. The van der Waals surface area contributed by atoms with Crippen LogP contribution in [0.15, 0.2) is 29.1 Å². The van der Waals surface area contributed by atoms with Gasteiger partial charge >= 0.3 is 0 Å². The monoisotopic (exact) mass is 193 g/mol. The predicted octanol–water partition coefficient (Wildman–Crippen LogP) is 3.31. The molecule has 0 N–H and O–H groups in total. The van der Waals surface area contributed by atoms with Crippen LogP contribution in [0.25, 0.3) is 0 Å². The van der Waals surface area contributed by atoms with Gasteiger partial charge in [0.1, 0.15) is 5.76 Å². The maximum atomic E-state index is 5.54. The molecule has 0 aromatic rings. The average Bonchev–Trinajstić information content (AvgIpc) is 2.82. The first kappa shape index (κ1) is 11.0. The van der Waals surface area contributed by atoms with Gasteiger partial charge in [-0.05, 0) is 26.7 Å². The maximum Gasteiger partial charge on any atom is 0.113 e. The van der Waals surface area contributed by atoms with E-state index in [4.69, 9.17) is 4.74 Å². The highest BCUT2D eigenvalue weighted by Gasteiger charge is 2.38. The lowest BCUT2D eigenvalue weighted by atomic mass is 10.2. The molecule has 78 valence electrons. The van der Waals surface area contributed by atoms with Gasteiger partial charge in [-0.2, -0.15) is 0 Å². The van der Waals surface area contributed by atoms with Gasteiger partial charge in [0.25, 0.3) is 0 Å². The summed E-state index contributed by atoms with van der Waals surface area (Å²) in [4.78, 5) is 4.12. The number of hydrogen-bond acceptors (Lipinski definition) is 2. The van der Waals surface area contributed by atoms with E-state index in [2.05, 4.69) is 18.5 Å². The SMILES string of the molecule is C=C(/C=C(\C)N=CC)OCC1(C)CC1. The standard InChI is InChI=1S/C12H19NO/c1-5-13-10(2)8-11(3)14-9-12(4)6-7-12/h5,8H,3,6-7,9H2,1-2,4H3/b10-8+,13-5?. The van der Waals surface area contributed by atoms with Crippen molar-refractivity contribution in [3.05, 3.63) is 24.1 Å². The lowest BCUT2D eigenvalue weighted by Gasteiger charge is -2.10. The minimum absolute atomic E-state index is 0.415. The van der Waals surface area contributed by atoms with Crippen molar-refractivity contribution in [1.82, 2.24) is 0 Å². The molecule has 0 unspecified atom stereocenters. The molecule has 1 saturated carbocycles. The molecule has 0 atom stereocenters. The number of allylic oxidation sites excluding steroid dienone is 2. The Labute approximate surface area is 86.4 Å². The van der Waals surface area contributed by atoms with E-state index in [-0.39, 0.29) is 0 Å². The molecule has 2 heteroatoms. The third-order valence-corrected chi connectivity index (χ3v) is 2.41. The second-order valence-corrected chi connectivity index (χ2v) is 4.24. The summed E-state index contributed by atoms with van der Waals surface area (Å²) in [5, 5.41) is 0. The van der Waals surface area contributed by atoms with Crippen molar-refractivity contribution in [2.24, 2.45) is 10.4 Å². The Hall–Kier alpha value is -1.05. The van der Waals surface area contributed by atoms with Crippen LogP contribution in [0.4, 0.5) is 0 Å². The van der Waals surface area contributed by atoms with Crippen LogP contribution < -0.4 is 0 Å². The van der Waals surface area contributed by atoms with Crippen molar-refractivity contribution in [2.45, 2.75) is 33.6 Å². The fourth-order valence-corrected chi connectivity index (χ4v) is 1.14. The number of ether oxygens (including phenoxy) is 1. The molecule has 0 spiro atoms. The quantitative estimate of drug-likeness (QED) is 0.373. The topological polar surface area (TPSA) is 21.6 Å². The highest BCUT2D eigenvalue weighted by atomic mass is 16.5. The average molecular weight is 193 g/mol. The van der Waals surface area contributed by atoms with Crippen LogP contribution in [0.2, 0.25) is 0 Å². The molecule has 0 heterocycles. The summed E-state index contributed by atoms with van der Waals surface area (Å²) < 4.78 is 5.54. The molecule has 0 saturated heterocycles. The zero-order valence-corrected chi connectivity index (χ0v) is 9.34. The summed E-state index contributed by atoms with van der Waals surface area (Å²) in [6.07, 6.45) is 6.18. The van der Waals surface area contributed by atoms with Gasteiger partial charge in [0.05, 0.1) is 6.61 Å². The van der Waals surface area contributed by atoms with Crippen molar-refractivity contribution in [2.75, 3.05) is 6.61 Å². The van der Waals surface area contributed by atoms with E-state index in [0.717, 1.165) is 12.3 Å². The van der Waals surface area contributed by atoms with E-state index in [1.54, 1.807) is 6.21 Å². The minimum atomic E-state index is 0.415. The Balaban J connectivity index is 2.31. The number of hydrogen-bond donors (Lipinski definition) is 0. The fourth-order valence-electron chi connectivity index (χ4n) is 1.14. The molecule has 0 aliphatic heterocycles. The summed E-state index contributed by atoms with van der Waals surface area (Å²) in [6, 6.07) is 0. The summed E-state index contributed by atoms with van der Waals surface area (Å²) in [5.74, 6) is 0.709. The molecule has 1 rings (SSSR count). The van der Waals surface area contributed by atoms with Crippen molar-refractivity contribution in [3.63, 3.8) is 0 Å². The summed E-state index contributed by atoms with van der Waals surface area (Å²) in [6.45, 7) is 10.7. The van der Waals surface area contributed by atoms with E-state index in [1.807, 2.05) is 19.9 Å². The van der Waals surface area contributed by atoms with Gasteiger partial charge in [-0.15, -0.1) is 0 Å². The Morgan fingerprint density at radius 2 is 2.21 bits per heavy atom. The second-order valence-electron chi connectivity index (χ2n) is 4.24. The normalized spacial score (nSPS) is 19.8. The minimum Gasteiger partial charge on any atom is -0.494 e. The smallest absolute Gasteiger partial charge is 0.113 e. The van der Waals surface area contributed by atoms with E-state index in [9.17, 15) is 0 Å². The zero-order chi connectivity index (χ0) is 10.6. The Morgan fingerprint density at radius 1 is 1.57 bits per heavy atom. The summed E-state index contributed by atoms with van der Waals surface area (Å²) >= 11 is 0. The summed E-state index contributed by atoms with van der Waals surface area (Å²) in [5.41, 5.74) is 1.34. The summed E-state index contributed by atoms with van der Waals surface area (Å²) in [7, 11) is 0. The van der Waals surface area contributed by atoms with E-state index in [1.165, 1.54) is 12.8 Å². The maximum absolute atomic E-state index is 5.54. The molecule has 0 amide bonds. The van der Waals surface area contributed by atoms with Crippen LogP contribution in [0.3, 0.4) is 0 Å². The number of aliphatic imine (C=N–C) groups is 1. The van der Waals surface area contributed by atoms with Crippen LogP contribution in [0, 0.1) is 5.41 Å². The Kier molecular flexibility index (Phi) is 3.50. The van der Waals surface area contributed by atoms with Gasteiger partial charge in [0, 0.05) is 23.4 Å².